The van der Waals surface area contributed by atoms with Crippen LogP contribution in [0.4, 0.5) is 0 Å². The number of allylic oxidation sites excluding steroid dienone is 1. The van der Waals surface area contributed by atoms with Crippen LogP contribution in [0.15, 0.2) is 41.3 Å². The van der Waals surface area contributed by atoms with Gasteiger partial charge in [0, 0.05) is 6.04 Å². The van der Waals surface area contributed by atoms with Crippen LogP contribution >= 0.6 is 0 Å². The van der Waals surface area contributed by atoms with Crippen molar-refractivity contribution < 1.29 is 17.9 Å². The van der Waals surface area contributed by atoms with Crippen molar-refractivity contribution >= 4 is 16.0 Å². The zero-order chi connectivity index (χ0) is 18.2. The van der Waals surface area contributed by atoms with Crippen molar-refractivity contribution in [2.45, 2.75) is 24.3 Å². The Bertz CT molecular complexity index is 835. The highest BCUT2D eigenvalue weighted by Gasteiger charge is 2.53. The van der Waals surface area contributed by atoms with Gasteiger partial charge in [-0.25, -0.2) is 8.42 Å². The van der Waals surface area contributed by atoms with Crippen LogP contribution in [0.2, 0.25) is 0 Å². The number of carbonyl (C=O) groups excluding carboxylic acids is 1. The molecule has 0 aliphatic heterocycles. The lowest BCUT2D eigenvalue weighted by atomic mass is 9.89. The Morgan fingerprint density at radius 1 is 1.28 bits per heavy atom. The van der Waals surface area contributed by atoms with Crippen LogP contribution in [-0.2, 0) is 19.6 Å². The van der Waals surface area contributed by atoms with Crippen LogP contribution in [0.5, 0.6) is 0 Å². The molecule has 6 heteroatoms. The van der Waals surface area contributed by atoms with Gasteiger partial charge in [0.1, 0.15) is 0 Å². The van der Waals surface area contributed by atoms with Crippen LogP contribution in [-0.4, -0.2) is 38.4 Å². The van der Waals surface area contributed by atoms with E-state index >= 15 is 0 Å². The Morgan fingerprint density at radius 2 is 1.92 bits per heavy atom. The summed E-state index contributed by atoms with van der Waals surface area (Å²) in [5.74, 6) is 1.50. The normalized spacial score (nSPS) is 27.4. The highest BCUT2D eigenvalue weighted by Crippen LogP contribution is 2.47. The van der Waals surface area contributed by atoms with E-state index < -0.39 is 22.0 Å². The summed E-state index contributed by atoms with van der Waals surface area (Å²) in [5, 5.41) is 0. The summed E-state index contributed by atoms with van der Waals surface area (Å²) in [5.41, 5.74) is 0.970. The molecule has 132 valence electrons. The van der Waals surface area contributed by atoms with Crippen molar-refractivity contribution in [1.82, 2.24) is 4.31 Å². The fourth-order valence-electron chi connectivity index (χ4n) is 3.93. The second-order valence-electron chi connectivity index (χ2n) is 6.56. The standard InChI is InChI=1S/C19H21NO4S/c1-4-11-20(25(22,23)16-9-5-13(2)6-10-16)18-15-8-7-14(12-15)17(18)19(21)24-3/h1,5-10,14-15,17-18H,11-12H2,2-3H3/t14-,15+,17+,18+/m0/s1. The molecule has 0 unspecified atom stereocenters. The van der Waals surface area contributed by atoms with E-state index in [0.717, 1.165) is 12.0 Å². The molecule has 2 aliphatic carbocycles. The van der Waals surface area contributed by atoms with Gasteiger partial charge in [0.05, 0.1) is 24.5 Å². The maximum Gasteiger partial charge on any atom is 0.310 e. The molecule has 1 saturated carbocycles. The number of fused-ring (bicyclic) bond motifs is 2. The van der Waals surface area contributed by atoms with Crippen molar-refractivity contribution in [3.8, 4) is 12.3 Å². The van der Waals surface area contributed by atoms with Crippen LogP contribution in [0, 0.1) is 37.0 Å². The number of sulfonamides is 1. The number of methoxy groups -OCH3 is 1. The molecule has 0 N–H and O–H groups in total. The summed E-state index contributed by atoms with van der Waals surface area (Å²) in [7, 11) is -2.48. The van der Waals surface area contributed by atoms with Gasteiger partial charge in [0.2, 0.25) is 10.0 Å². The molecule has 4 atom stereocenters. The maximum atomic E-state index is 13.2. The molecule has 1 aromatic carbocycles. The van der Waals surface area contributed by atoms with Gasteiger partial charge in [0.15, 0.2) is 0 Å². The number of ether oxygens (including phenoxy) is 1. The van der Waals surface area contributed by atoms with Crippen LogP contribution in [0.1, 0.15) is 12.0 Å². The van der Waals surface area contributed by atoms with Crippen molar-refractivity contribution in [2.24, 2.45) is 17.8 Å². The van der Waals surface area contributed by atoms with Gasteiger partial charge < -0.3 is 4.74 Å². The molecule has 3 rings (SSSR count). The van der Waals surface area contributed by atoms with Crippen LogP contribution in [0.25, 0.3) is 0 Å². The SMILES string of the molecule is C#CCN([C@H]1[C@H](C(=O)OC)[C@H]2C=C[C@@H]1C2)S(=O)(=O)c1ccc(C)cc1. The zero-order valence-electron chi connectivity index (χ0n) is 14.3. The summed E-state index contributed by atoms with van der Waals surface area (Å²) in [6, 6.07) is 6.14. The Balaban J connectivity index is 2.03. The number of nitrogens with zero attached hydrogens (tertiary/aromatic N) is 1. The first-order valence-corrected chi connectivity index (χ1v) is 9.62. The number of esters is 1. The minimum absolute atomic E-state index is 0.00376. The van der Waals surface area contributed by atoms with E-state index in [0.29, 0.717) is 0 Å². The van der Waals surface area contributed by atoms with Gasteiger partial charge in [-0.3, -0.25) is 4.79 Å². The first-order valence-electron chi connectivity index (χ1n) is 8.18. The molecular weight excluding hydrogens is 338 g/mol. The van der Waals surface area contributed by atoms with Crippen LogP contribution < -0.4 is 0 Å². The highest BCUT2D eigenvalue weighted by molar-refractivity contribution is 7.89. The molecule has 0 spiro atoms. The lowest BCUT2D eigenvalue weighted by Crippen LogP contribution is -2.49. The van der Waals surface area contributed by atoms with Crippen molar-refractivity contribution in [3.05, 3.63) is 42.0 Å². The summed E-state index contributed by atoms with van der Waals surface area (Å²) in [4.78, 5) is 12.5. The lowest BCUT2D eigenvalue weighted by Gasteiger charge is -2.34. The molecule has 0 aromatic heterocycles. The largest absolute Gasteiger partial charge is 0.469 e. The zero-order valence-corrected chi connectivity index (χ0v) is 15.1. The molecule has 5 nitrogen and oxygen atoms in total. The third-order valence-electron chi connectivity index (χ3n) is 5.10. The Labute approximate surface area is 148 Å². The van der Waals surface area contributed by atoms with E-state index in [4.69, 9.17) is 11.2 Å². The van der Waals surface area contributed by atoms with Gasteiger partial charge in [-0.05, 0) is 37.3 Å². The van der Waals surface area contributed by atoms with Crippen molar-refractivity contribution in [3.63, 3.8) is 0 Å². The Kier molecular flexibility index (Phi) is 4.72. The third kappa shape index (κ3) is 2.99. The van der Waals surface area contributed by atoms with E-state index in [-0.39, 0.29) is 29.2 Å². The number of hydrogen-bond donors (Lipinski definition) is 0. The van der Waals surface area contributed by atoms with Gasteiger partial charge in [0.25, 0.3) is 0 Å². The highest BCUT2D eigenvalue weighted by atomic mass is 32.2. The molecular formula is C19H21NO4S. The third-order valence-corrected chi connectivity index (χ3v) is 6.96. The maximum absolute atomic E-state index is 13.2. The quantitative estimate of drug-likeness (QED) is 0.458. The fraction of sp³-hybridized carbons (Fsp3) is 0.421. The first kappa shape index (κ1) is 17.7. The van der Waals surface area contributed by atoms with Crippen molar-refractivity contribution in [1.29, 1.82) is 0 Å². The monoisotopic (exact) mass is 359 g/mol. The van der Waals surface area contributed by atoms with E-state index in [1.54, 1.807) is 24.3 Å². The number of rotatable bonds is 5. The molecule has 0 radical (unpaired) electrons. The van der Waals surface area contributed by atoms with E-state index in [2.05, 4.69) is 5.92 Å². The molecule has 0 amide bonds. The minimum atomic E-state index is -3.81. The number of aryl methyl sites for hydroxylation is 1. The van der Waals surface area contributed by atoms with E-state index in [9.17, 15) is 13.2 Å². The smallest absolute Gasteiger partial charge is 0.310 e. The number of carbonyl (C=O) groups is 1. The number of terminal acetylenes is 1. The summed E-state index contributed by atoms with van der Waals surface area (Å²) in [6.07, 6.45) is 10.2. The van der Waals surface area contributed by atoms with E-state index in [1.165, 1.54) is 11.4 Å². The summed E-state index contributed by atoms with van der Waals surface area (Å²) < 4.78 is 32.6. The molecule has 1 fully saturated rings. The molecule has 1 aromatic rings. The number of hydrogen-bond acceptors (Lipinski definition) is 4. The van der Waals surface area contributed by atoms with Gasteiger partial charge in [-0.2, -0.15) is 4.31 Å². The second kappa shape index (κ2) is 6.66. The summed E-state index contributed by atoms with van der Waals surface area (Å²) >= 11 is 0. The molecule has 2 aliphatic rings. The van der Waals surface area contributed by atoms with Gasteiger partial charge >= 0.3 is 5.97 Å². The van der Waals surface area contributed by atoms with Crippen LogP contribution in [0.3, 0.4) is 0 Å². The minimum Gasteiger partial charge on any atom is -0.469 e. The predicted octanol–water partition coefficient (Wildman–Crippen LogP) is 1.98. The molecule has 0 heterocycles. The number of benzene rings is 1. The fourth-order valence-corrected chi connectivity index (χ4v) is 5.53. The lowest BCUT2D eigenvalue weighted by molar-refractivity contribution is -0.147. The first-order chi connectivity index (χ1) is 11.9. The topological polar surface area (TPSA) is 63.7 Å². The molecule has 25 heavy (non-hydrogen) atoms. The van der Waals surface area contributed by atoms with Gasteiger partial charge in [-0.15, -0.1) is 6.42 Å². The summed E-state index contributed by atoms with van der Waals surface area (Å²) in [6.45, 7) is 1.81. The Hall–Kier alpha value is -2.10. The van der Waals surface area contributed by atoms with Crippen molar-refractivity contribution in [2.75, 3.05) is 13.7 Å². The molecule has 0 saturated heterocycles. The Morgan fingerprint density at radius 3 is 2.52 bits per heavy atom. The second-order valence-corrected chi connectivity index (χ2v) is 8.45. The molecule has 2 bridgehead atoms. The van der Waals surface area contributed by atoms with E-state index in [1.807, 2.05) is 19.1 Å². The average Bonchev–Trinajstić information content (AvgIpc) is 3.20. The average molecular weight is 359 g/mol. The van der Waals surface area contributed by atoms with Gasteiger partial charge in [-0.1, -0.05) is 35.8 Å². The predicted molar refractivity (Wildman–Crippen MR) is 93.9 cm³/mol.